The number of hydrogen-bond donors (Lipinski definition) is 1. The molecule has 0 saturated carbocycles. The van der Waals surface area contributed by atoms with Crippen LogP contribution in [0.4, 0.5) is 5.69 Å². The van der Waals surface area contributed by atoms with Gasteiger partial charge in [-0.15, -0.1) is 0 Å². The van der Waals surface area contributed by atoms with E-state index < -0.39 is 36.7 Å². The SMILES string of the molecule is O=C(COC(=O)CN1C(=O)C(=O)c2ccccc21)N[C@@H]1CCCc2ccccc21. The zero-order valence-electron chi connectivity index (χ0n) is 15.7. The quantitative estimate of drug-likeness (QED) is 0.620. The van der Waals surface area contributed by atoms with Crippen LogP contribution < -0.4 is 10.2 Å². The highest BCUT2D eigenvalue weighted by Crippen LogP contribution is 2.29. The standard InChI is InChI=1S/C22H20N2O5/c25-19(23-17-10-5-7-14-6-1-2-8-15(14)17)13-29-20(26)12-24-18-11-4-3-9-16(18)21(27)22(24)28/h1-4,6,8-9,11,17H,5,7,10,12-13H2,(H,23,25)/t17-/m1/s1. The summed E-state index contributed by atoms with van der Waals surface area (Å²) in [6.07, 6.45) is 2.80. The van der Waals surface area contributed by atoms with Crippen molar-refractivity contribution >= 4 is 29.3 Å². The summed E-state index contributed by atoms with van der Waals surface area (Å²) in [4.78, 5) is 49.6. The highest BCUT2D eigenvalue weighted by molar-refractivity contribution is 6.52. The van der Waals surface area contributed by atoms with Crippen molar-refractivity contribution in [3.63, 3.8) is 0 Å². The molecule has 0 unspecified atom stereocenters. The number of rotatable bonds is 5. The van der Waals surface area contributed by atoms with Gasteiger partial charge in [0, 0.05) is 0 Å². The molecule has 1 atom stereocenters. The second-order valence-corrected chi connectivity index (χ2v) is 7.11. The molecule has 0 radical (unpaired) electrons. The van der Waals surface area contributed by atoms with E-state index in [1.165, 1.54) is 11.6 Å². The van der Waals surface area contributed by atoms with Crippen molar-refractivity contribution in [2.24, 2.45) is 0 Å². The number of aryl methyl sites for hydroxylation is 1. The van der Waals surface area contributed by atoms with Crippen molar-refractivity contribution in [3.8, 4) is 0 Å². The van der Waals surface area contributed by atoms with Crippen molar-refractivity contribution in [3.05, 3.63) is 65.2 Å². The van der Waals surface area contributed by atoms with E-state index in [2.05, 4.69) is 11.4 Å². The Kier molecular flexibility index (Phi) is 5.12. The number of ketones is 1. The smallest absolute Gasteiger partial charge is 0.326 e. The average molecular weight is 392 g/mol. The number of nitrogens with zero attached hydrogens (tertiary/aromatic N) is 1. The van der Waals surface area contributed by atoms with Crippen LogP contribution in [0.2, 0.25) is 0 Å². The van der Waals surface area contributed by atoms with Crippen LogP contribution in [0.15, 0.2) is 48.5 Å². The Morgan fingerprint density at radius 1 is 1.07 bits per heavy atom. The molecule has 29 heavy (non-hydrogen) atoms. The fourth-order valence-corrected chi connectivity index (χ4v) is 3.87. The van der Waals surface area contributed by atoms with Crippen LogP contribution in [-0.4, -0.2) is 36.7 Å². The molecule has 0 spiro atoms. The van der Waals surface area contributed by atoms with Gasteiger partial charge in [0.2, 0.25) is 0 Å². The number of Topliss-reactive ketones (excluding diaryl/α,β-unsaturated/α-hetero) is 1. The molecular weight excluding hydrogens is 372 g/mol. The summed E-state index contributed by atoms with van der Waals surface area (Å²) in [7, 11) is 0. The first-order valence-corrected chi connectivity index (χ1v) is 9.52. The van der Waals surface area contributed by atoms with Crippen molar-refractivity contribution < 1.29 is 23.9 Å². The molecule has 2 aromatic rings. The van der Waals surface area contributed by atoms with Gasteiger partial charge in [0.25, 0.3) is 17.6 Å². The van der Waals surface area contributed by atoms with Gasteiger partial charge in [0.05, 0.1) is 17.3 Å². The highest BCUT2D eigenvalue weighted by Gasteiger charge is 2.36. The summed E-state index contributed by atoms with van der Waals surface area (Å²) in [6, 6.07) is 14.3. The van der Waals surface area contributed by atoms with Crippen LogP contribution >= 0.6 is 0 Å². The zero-order chi connectivity index (χ0) is 20.4. The Morgan fingerprint density at radius 2 is 1.83 bits per heavy atom. The predicted molar refractivity (Wildman–Crippen MR) is 104 cm³/mol. The Bertz CT molecular complexity index is 1000. The summed E-state index contributed by atoms with van der Waals surface area (Å²) in [5.41, 5.74) is 2.95. The molecule has 1 aliphatic heterocycles. The number of anilines is 1. The van der Waals surface area contributed by atoms with Gasteiger partial charge < -0.3 is 10.1 Å². The minimum absolute atomic E-state index is 0.101. The molecule has 0 aromatic heterocycles. The third-order valence-corrected chi connectivity index (χ3v) is 5.23. The summed E-state index contributed by atoms with van der Waals surface area (Å²) in [5, 5.41) is 2.90. The van der Waals surface area contributed by atoms with Crippen LogP contribution in [0.5, 0.6) is 0 Å². The molecule has 0 saturated heterocycles. The molecule has 4 rings (SSSR count). The first kappa shape index (κ1) is 18.9. The molecule has 2 aromatic carbocycles. The zero-order valence-corrected chi connectivity index (χ0v) is 15.7. The minimum Gasteiger partial charge on any atom is -0.454 e. The normalized spacial score (nSPS) is 17.5. The van der Waals surface area contributed by atoms with E-state index in [9.17, 15) is 19.2 Å². The molecular formula is C22H20N2O5. The number of para-hydroxylation sites is 1. The first-order chi connectivity index (χ1) is 14.0. The van der Waals surface area contributed by atoms with E-state index in [1.807, 2.05) is 18.2 Å². The number of nitrogens with one attached hydrogen (secondary N) is 1. The largest absolute Gasteiger partial charge is 0.454 e. The van der Waals surface area contributed by atoms with Gasteiger partial charge in [-0.1, -0.05) is 36.4 Å². The summed E-state index contributed by atoms with van der Waals surface area (Å²) in [6.45, 7) is -0.851. The summed E-state index contributed by atoms with van der Waals surface area (Å²) < 4.78 is 5.04. The van der Waals surface area contributed by atoms with E-state index in [4.69, 9.17) is 4.74 Å². The Morgan fingerprint density at radius 3 is 2.69 bits per heavy atom. The molecule has 1 aliphatic carbocycles. The third-order valence-electron chi connectivity index (χ3n) is 5.23. The van der Waals surface area contributed by atoms with Gasteiger partial charge in [0.15, 0.2) is 6.61 Å². The van der Waals surface area contributed by atoms with E-state index in [0.29, 0.717) is 5.69 Å². The fourth-order valence-electron chi connectivity index (χ4n) is 3.87. The maximum absolute atomic E-state index is 12.3. The van der Waals surface area contributed by atoms with Crippen LogP contribution in [0.25, 0.3) is 0 Å². The topological polar surface area (TPSA) is 92.8 Å². The van der Waals surface area contributed by atoms with Crippen molar-refractivity contribution in [1.82, 2.24) is 5.32 Å². The third kappa shape index (κ3) is 3.76. The number of carbonyl (C=O) groups excluding carboxylic acids is 4. The lowest BCUT2D eigenvalue weighted by molar-refractivity contribution is -0.147. The van der Waals surface area contributed by atoms with Gasteiger partial charge in [-0.2, -0.15) is 0 Å². The second-order valence-electron chi connectivity index (χ2n) is 7.11. The second kappa shape index (κ2) is 7.87. The number of amides is 2. The first-order valence-electron chi connectivity index (χ1n) is 9.52. The van der Waals surface area contributed by atoms with Crippen LogP contribution in [-0.2, 0) is 25.5 Å². The Hall–Kier alpha value is -3.48. The van der Waals surface area contributed by atoms with Gasteiger partial charge in [-0.05, 0) is 42.5 Å². The summed E-state index contributed by atoms with van der Waals surface area (Å²) >= 11 is 0. The number of benzene rings is 2. The molecule has 7 heteroatoms. The number of fused-ring (bicyclic) bond motifs is 2. The molecule has 148 valence electrons. The molecule has 1 heterocycles. The number of hydrogen-bond acceptors (Lipinski definition) is 5. The molecule has 1 N–H and O–H groups in total. The predicted octanol–water partition coefficient (Wildman–Crippen LogP) is 1.95. The molecule has 0 fully saturated rings. The van der Waals surface area contributed by atoms with E-state index in [0.717, 1.165) is 29.7 Å². The summed E-state index contributed by atoms with van der Waals surface area (Å²) in [5.74, 6) is -2.57. The number of carbonyl (C=O) groups is 4. The van der Waals surface area contributed by atoms with Crippen molar-refractivity contribution in [2.45, 2.75) is 25.3 Å². The average Bonchev–Trinajstić information content (AvgIpc) is 2.98. The van der Waals surface area contributed by atoms with Crippen molar-refractivity contribution in [2.75, 3.05) is 18.1 Å². The molecule has 0 bridgehead atoms. The van der Waals surface area contributed by atoms with Crippen LogP contribution in [0.1, 0.15) is 40.4 Å². The van der Waals surface area contributed by atoms with Crippen molar-refractivity contribution in [1.29, 1.82) is 0 Å². The van der Waals surface area contributed by atoms with E-state index >= 15 is 0 Å². The fraction of sp³-hybridized carbons (Fsp3) is 0.273. The number of esters is 1. The van der Waals surface area contributed by atoms with Crippen LogP contribution in [0.3, 0.4) is 0 Å². The van der Waals surface area contributed by atoms with Gasteiger partial charge in [-0.3, -0.25) is 24.1 Å². The van der Waals surface area contributed by atoms with Gasteiger partial charge >= 0.3 is 5.97 Å². The molecule has 7 nitrogen and oxygen atoms in total. The van der Waals surface area contributed by atoms with Gasteiger partial charge in [0.1, 0.15) is 6.54 Å². The molecule has 2 aliphatic rings. The lowest BCUT2D eigenvalue weighted by Gasteiger charge is -2.26. The Balaban J connectivity index is 1.32. The highest BCUT2D eigenvalue weighted by atomic mass is 16.5. The van der Waals surface area contributed by atoms with E-state index in [1.54, 1.807) is 18.2 Å². The maximum Gasteiger partial charge on any atom is 0.326 e. The number of ether oxygens (including phenoxy) is 1. The maximum atomic E-state index is 12.3. The lowest BCUT2D eigenvalue weighted by Crippen LogP contribution is -2.38. The van der Waals surface area contributed by atoms with Gasteiger partial charge in [-0.25, -0.2) is 0 Å². The minimum atomic E-state index is -0.772. The van der Waals surface area contributed by atoms with Crippen LogP contribution in [0, 0.1) is 0 Å². The Labute approximate surface area is 167 Å². The lowest BCUT2D eigenvalue weighted by atomic mass is 9.88. The van der Waals surface area contributed by atoms with E-state index in [-0.39, 0.29) is 11.6 Å². The molecule has 2 amide bonds. The monoisotopic (exact) mass is 392 g/mol.